The summed E-state index contributed by atoms with van der Waals surface area (Å²) < 4.78 is 5.86. The molecule has 180 valence electrons. The normalized spacial score (nSPS) is 16.3. The van der Waals surface area contributed by atoms with Crippen molar-refractivity contribution in [3.8, 4) is 16.2 Å². The molecule has 0 spiro atoms. The third kappa shape index (κ3) is 7.45. The van der Waals surface area contributed by atoms with Crippen molar-refractivity contribution in [2.75, 3.05) is 44.6 Å². The highest BCUT2D eigenvalue weighted by atomic mass is 32.1. The van der Waals surface area contributed by atoms with Gasteiger partial charge in [-0.25, -0.2) is 4.79 Å². The first-order chi connectivity index (χ1) is 16.0. The molecule has 33 heavy (non-hydrogen) atoms. The quantitative estimate of drug-likeness (QED) is 0.422. The third-order valence-corrected chi connectivity index (χ3v) is 6.90. The average Bonchev–Trinajstić information content (AvgIpc) is 3.04. The van der Waals surface area contributed by atoms with Crippen LogP contribution in [0.3, 0.4) is 0 Å². The number of ether oxygens (including phenoxy) is 1. The fraction of sp³-hybridized carbons (Fsp3) is 0.500. The number of hydrogen-bond acceptors (Lipinski definition) is 6. The second-order valence-electron chi connectivity index (χ2n) is 8.11. The fourth-order valence-corrected chi connectivity index (χ4v) is 4.92. The van der Waals surface area contributed by atoms with E-state index in [2.05, 4.69) is 34.7 Å². The van der Waals surface area contributed by atoms with Crippen LogP contribution in [-0.2, 0) is 0 Å². The van der Waals surface area contributed by atoms with Gasteiger partial charge in [-0.05, 0) is 68.4 Å². The van der Waals surface area contributed by atoms with E-state index in [9.17, 15) is 9.59 Å². The molecule has 1 saturated heterocycles. The number of nitrogens with two attached hydrogens (primary N) is 1. The maximum absolute atomic E-state index is 13.0. The van der Waals surface area contributed by atoms with E-state index in [1.54, 1.807) is 0 Å². The second-order valence-corrected chi connectivity index (χ2v) is 9.16. The van der Waals surface area contributed by atoms with Crippen LogP contribution in [0.2, 0.25) is 0 Å². The zero-order valence-corrected chi connectivity index (χ0v) is 20.3. The maximum Gasteiger partial charge on any atom is 0.317 e. The van der Waals surface area contributed by atoms with Gasteiger partial charge >= 0.3 is 6.03 Å². The molecule has 3 rings (SSSR count). The molecule has 1 fully saturated rings. The van der Waals surface area contributed by atoms with Crippen LogP contribution in [-0.4, -0.2) is 62.2 Å². The molecule has 1 aliphatic heterocycles. The Morgan fingerprint density at radius 1 is 1.21 bits per heavy atom. The molecule has 1 aromatic heterocycles. The van der Waals surface area contributed by atoms with E-state index in [0.717, 1.165) is 68.2 Å². The number of carbonyl (C=O) groups is 2. The van der Waals surface area contributed by atoms with Gasteiger partial charge in [-0.15, -0.1) is 11.3 Å². The number of anilines is 1. The standard InChI is InChI=1S/C24H35N5O3S/c1-3-29(4-2)13-14-32-19-10-8-17(9-11-19)21-15-20(23(33-21)28-24(25)31)22(30)27-18-7-5-6-12-26-16-18/h8-11,15,18,26H,3-7,12-14,16H2,1-2H3,(H,27,30)(H3,25,28,31)/t18-/m0/s1. The highest BCUT2D eigenvalue weighted by Gasteiger charge is 2.21. The van der Waals surface area contributed by atoms with E-state index in [0.29, 0.717) is 17.2 Å². The highest BCUT2D eigenvalue weighted by Crippen LogP contribution is 2.36. The summed E-state index contributed by atoms with van der Waals surface area (Å²) in [6, 6.07) is 8.96. The molecule has 5 N–H and O–H groups in total. The van der Waals surface area contributed by atoms with Gasteiger partial charge in [-0.2, -0.15) is 0 Å². The first kappa shape index (κ1) is 25.0. The minimum Gasteiger partial charge on any atom is -0.492 e. The van der Waals surface area contributed by atoms with Gasteiger partial charge in [-0.3, -0.25) is 10.1 Å². The number of rotatable bonds is 10. The highest BCUT2D eigenvalue weighted by molar-refractivity contribution is 7.20. The summed E-state index contributed by atoms with van der Waals surface area (Å²) in [7, 11) is 0. The van der Waals surface area contributed by atoms with Gasteiger partial charge in [0.2, 0.25) is 0 Å². The first-order valence-electron chi connectivity index (χ1n) is 11.7. The van der Waals surface area contributed by atoms with Crippen molar-refractivity contribution < 1.29 is 14.3 Å². The molecule has 1 aliphatic rings. The summed E-state index contributed by atoms with van der Waals surface area (Å²) in [5.41, 5.74) is 6.72. The summed E-state index contributed by atoms with van der Waals surface area (Å²) in [6.07, 6.45) is 3.12. The Bertz CT molecular complexity index is 903. The largest absolute Gasteiger partial charge is 0.492 e. The number of hydrogen-bond donors (Lipinski definition) is 4. The van der Waals surface area contributed by atoms with Crippen LogP contribution in [0.4, 0.5) is 9.80 Å². The molecule has 2 heterocycles. The molecule has 0 bridgehead atoms. The molecule has 0 aliphatic carbocycles. The van der Waals surface area contributed by atoms with Crippen LogP contribution in [0, 0.1) is 0 Å². The Hall–Kier alpha value is -2.62. The maximum atomic E-state index is 13.0. The van der Waals surface area contributed by atoms with Crippen molar-refractivity contribution >= 4 is 28.3 Å². The van der Waals surface area contributed by atoms with E-state index in [1.165, 1.54) is 11.3 Å². The summed E-state index contributed by atoms with van der Waals surface area (Å²) in [6.45, 7) is 9.53. The molecule has 9 heteroatoms. The Labute approximate surface area is 199 Å². The van der Waals surface area contributed by atoms with Gasteiger partial charge in [0, 0.05) is 24.0 Å². The zero-order valence-electron chi connectivity index (χ0n) is 19.5. The molecule has 3 amide bonds. The first-order valence-corrected chi connectivity index (χ1v) is 12.5. The number of thiophene rings is 1. The van der Waals surface area contributed by atoms with Crippen LogP contribution in [0.1, 0.15) is 43.5 Å². The molecule has 0 saturated carbocycles. The summed E-state index contributed by atoms with van der Waals surface area (Å²) >= 11 is 1.33. The Morgan fingerprint density at radius 3 is 2.67 bits per heavy atom. The number of nitrogens with one attached hydrogen (secondary N) is 3. The van der Waals surface area contributed by atoms with E-state index >= 15 is 0 Å². The molecule has 1 aromatic carbocycles. The van der Waals surface area contributed by atoms with Gasteiger partial charge in [0.25, 0.3) is 5.91 Å². The van der Waals surface area contributed by atoms with Crippen molar-refractivity contribution in [3.05, 3.63) is 35.9 Å². The second kappa shape index (κ2) is 12.6. The van der Waals surface area contributed by atoms with Crippen LogP contribution in [0.15, 0.2) is 30.3 Å². The van der Waals surface area contributed by atoms with Crippen molar-refractivity contribution in [2.45, 2.75) is 39.2 Å². The molecular weight excluding hydrogens is 438 g/mol. The molecular formula is C24H35N5O3S. The van der Waals surface area contributed by atoms with Crippen LogP contribution >= 0.6 is 11.3 Å². The molecule has 0 radical (unpaired) electrons. The van der Waals surface area contributed by atoms with Crippen molar-refractivity contribution in [3.63, 3.8) is 0 Å². The van der Waals surface area contributed by atoms with Crippen molar-refractivity contribution in [1.82, 2.24) is 15.5 Å². The third-order valence-electron chi connectivity index (χ3n) is 5.81. The summed E-state index contributed by atoms with van der Waals surface area (Å²) in [5.74, 6) is 0.600. The van der Waals surface area contributed by atoms with Gasteiger partial charge < -0.3 is 26.0 Å². The predicted octanol–water partition coefficient (Wildman–Crippen LogP) is 3.50. The van der Waals surface area contributed by atoms with Gasteiger partial charge in [-0.1, -0.05) is 20.3 Å². The molecule has 2 aromatic rings. The van der Waals surface area contributed by atoms with Gasteiger partial charge in [0.05, 0.1) is 5.56 Å². The van der Waals surface area contributed by atoms with Crippen LogP contribution in [0.5, 0.6) is 5.75 Å². The lowest BCUT2D eigenvalue weighted by Gasteiger charge is -2.18. The smallest absolute Gasteiger partial charge is 0.317 e. The minimum absolute atomic E-state index is 0.0672. The number of amides is 3. The monoisotopic (exact) mass is 473 g/mol. The summed E-state index contributed by atoms with van der Waals surface area (Å²) in [4.78, 5) is 27.7. The van der Waals surface area contributed by atoms with E-state index < -0.39 is 6.03 Å². The van der Waals surface area contributed by atoms with Gasteiger partial charge in [0.1, 0.15) is 17.4 Å². The SMILES string of the molecule is CCN(CC)CCOc1ccc(-c2cc(C(=O)N[C@H]3CCCCNC3)c(NC(N)=O)s2)cc1. The topological polar surface area (TPSA) is 109 Å². The van der Waals surface area contributed by atoms with Crippen molar-refractivity contribution in [1.29, 1.82) is 0 Å². The summed E-state index contributed by atoms with van der Waals surface area (Å²) in [5, 5.41) is 9.50. The lowest BCUT2D eigenvalue weighted by atomic mass is 10.1. The number of carbonyl (C=O) groups excluding carboxylic acids is 2. The number of benzene rings is 1. The Balaban J connectivity index is 1.70. The number of likely N-dealkylation sites (N-methyl/N-ethyl adjacent to an activating group) is 1. The molecule has 1 atom stereocenters. The molecule has 0 unspecified atom stereocenters. The van der Waals surface area contributed by atoms with Gasteiger partial charge in [0.15, 0.2) is 0 Å². The lowest BCUT2D eigenvalue weighted by Crippen LogP contribution is -2.41. The van der Waals surface area contributed by atoms with E-state index in [4.69, 9.17) is 10.5 Å². The van der Waals surface area contributed by atoms with Crippen LogP contribution in [0.25, 0.3) is 10.4 Å². The van der Waals surface area contributed by atoms with E-state index in [1.807, 2.05) is 30.3 Å². The Kier molecular flexibility index (Phi) is 9.53. The van der Waals surface area contributed by atoms with Crippen LogP contribution < -0.4 is 26.4 Å². The molecule has 8 nitrogen and oxygen atoms in total. The lowest BCUT2D eigenvalue weighted by molar-refractivity contribution is 0.0937. The fourth-order valence-electron chi connectivity index (χ4n) is 3.86. The van der Waals surface area contributed by atoms with Crippen molar-refractivity contribution in [2.24, 2.45) is 5.73 Å². The number of urea groups is 1. The van der Waals surface area contributed by atoms with E-state index in [-0.39, 0.29) is 11.9 Å². The minimum atomic E-state index is -0.689. The predicted molar refractivity (Wildman–Crippen MR) is 134 cm³/mol. The zero-order chi connectivity index (χ0) is 23.6. The number of nitrogens with zero attached hydrogens (tertiary/aromatic N) is 1. The number of primary amides is 1. The average molecular weight is 474 g/mol. The Morgan fingerprint density at radius 2 is 1.97 bits per heavy atom.